The van der Waals surface area contributed by atoms with E-state index in [1.54, 1.807) is 48.5 Å². The maximum atomic E-state index is 12.5. The SMILES string of the molecule is C=CCNP(=O)(OOc1ccccc1)OOc1ccccc1. The zero-order valence-electron chi connectivity index (χ0n) is 11.8. The van der Waals surface area contributed by atoms with Gasteiger partial charge in [0.25, 0.3) is 0 Å². The predicted molar refractivity (Wildman–Crippen MR) is 82.1 cm³/mol. The molecule has 0 unspecified atom stereocenters. The first-order chi connectivity index (χ1) is 10.7. The highest BCUT2D eigenvalue weighted by atomic mass is 31.2. The van der Waals surface area contributed by atoms with Crippen LogP contribution in [0.3, 0.4) is 0 Å². The van der Waals surface area contributed by atoms with Crippen molar-refractivity contribution in [1.82, 2.24) is 5.09 Å². The second-order valence-corrected chi connectivity index (χ2v) is 5.70. The summed E-state index contributed by atoms with van der Waals surface area (Å²) in [6.45, 7) is 3.71. The molecule has 0 radical (unpaired) electrons. The fourth-order valence-electron chi connectivity index (χ4n) is 1.38. The van der Waals surface area contributed by atoms with Crippen molar-refractivity contribution in [2.75, 3.05) is 6.54 Å². The Morgan fingerprint density at radius 1 is 0.909 bits per heavy atom. The van der Waals surface area contributed by atoms with Crippen molar-refractivity contribution in [3.8, 4) is 11.5 Å². The molecule has 22 heavy (non-hydrogen) atoms. The Bertz CT molecular complexity index is 573. The summed E-state index contributed by atoms with van der Waals surface area (Å²) in [6.07, 6.45) is 1.50. The van der Waals surface area contributed by atoms with E-state index < -0.39 is 7.75 Å². The van der Waals surface area contributed by atoms with Gasteiger partial charge >= 0.3 is 7.75 Å². The van der Waals surface area contributed by atoms with Crippen LogP contribution in [0.2, 0.25) is 0 Å². The van der Waals surface area contributed by atoms with Crippen LogP contribution in [0.5, 0.6) is 11.5 Å². The first-order valence-corrected chi connectivity index (χ1v) is 8.05. The molecule has 0 saturated carbocycles. The molecule has 0 heterocycles. The Hall–Kier alpha value is -2.11. The highest BCUT2D eigenvalue weighted by Gasteiger charge is 2.29. The monoisotopic (exact) mass is 321 g/mol. The van der Waals surface area contributed by atoms with Gasteiger partial charge in [0.2, 0.25) is 0 Å². The molecule has 0 saturated heterocycles. The lowest BCUT2D eigenvalue weighted by Crippen LogP contribution is -2.17. The fourth-order valence-corrected chi connectivity index (χ4v) is 2.23. The van der Waals surface area contributed by atoms with Crippen molar-refractivity contribution in [3.05, 3.63) is 73.3 Å². The standard InChI is InChI=1S/C15H16NO5P/c1-2-13-16-22(17,20-18-14-9-5-3-6-10-14)21-19-15-11-7-4-8-12-15/h2-12H,1,13H2,(H,16,17). The molecule has 2 aromatic rings. The molecule has 0 aliphatic rings. The van der Waals surface area contributed by atoms with Crippen molar-refractivity contribution in [2.24, 2.45) is 0 Å². The lowest BCUT2D eigenvalue weighted by atomic mass is 10.3. The van der Waals surface area contributed by atoms with Crippen LogP contribution in [0.1, 0.15) is 0 Å². The number of nitrogens with one attached hydrogen (secondary N) is 1. The average molecular weight is 321 g/mol. The fraction of sp³-hybridized carbons (Fsp3) is 0.0667. The second kappa shape index (κ2) is 8.36. The molecule has 116 valence electrons. The van der Waals surface area contributed by atoms with E-state index >= 15 is 0 Å². The number of hydrogen-bond donors (Lipinski definition) is 1. The normalized spacial score (nSPS) is 10.9. The van der Waals surface area contributed by atoms with E-state index in [2.05, 4.69) is 11.7 Å². The third-order valence-corrected chi connectivity index (χ3v) is 3.49. The van der Waals surface area contributed by atoms with E-state index in [9.17, 15) is 4.57 Å². The van der Waals surface area contributed by atoms with Crippen molar-refractivity contribution in [2.45, 2.75) is 0 Å². The molecule has 0 aliphatic carbocycles. The zero-order chi connectivity index (χ0) is 15.7. The average Bonchev–Trinajstić information content (AvgIpc) is 2.59. The van der Waals surface area contributed by atoms with Crippen LogP contribution in [0.25, 0.3) is 0 Å². The topological polar surface area (TPSA) is 66.0 Å². The van der Waals surface area contributed by atoms with Crippen LogP contribution in [-0.4, -0.2) is 6.54 Å². The summed E-state index contributed by atoms with van der Waals surface area (Å²) in [5, 5.41) is 2.53. The van der Waals surface area contributed by atoms with Crippen LogP contribution >= 0.6 is 7.75 Å². The van der Waals surface area contributed by atoms with Crippen molar-refractivity contribution in [1.29, 1.82) is 0 Å². The summed E-state index contributed by atoms with van der Waals surface area (Å²) in [4.78, 5) is 9.98. The minimum atomic E-state index is -3.83. The molecular weight excluding hydrogens is 305 g/mol. The Labute approximate surface area is 128 Å². The van der Waals surface area contributed by atoms with Gasteiger partial charge in [-0.1, -0.05) is 51.8 Å². The summed E-state index contributed by atoms with van der Waals surface area (Å²) in [6, 6.07) is 17.2. The van der Waals surface area contributed by atoms with Crippen LogP contribution in [0, 0.1) is 0 Å². The maximum Gasteiger partial charge on any atom is 0.477 e. The molecule has 0 fully saturated rings. The molecule has 6 nitrogen and oxygen atoms in total. The lowest BCUT2D eigenvalue weighted by Gasteiger charge is -2.16. The van der Waals surface area contributed by atoms with E-state index in [1.807, 2.05) is 12.1 Å². The Balaban J connectivity index is 1.96. The summed E-state index contributed by atoms with van der Waals surface area (Å²) in [7, 11) is -3.83. The predicted octanol–water partition coefficient (Wildman–Crippen LogP) is 3.89. The van der Waals surface area contributed by atoms with Gasteiger partial charge in [0.15, 0.2) is 11.5 Å². The van der Waals surface area contributed by atoms with Gasteiger partial charge in [-0.05, 0) is 24.3 Å². The quantitative estimate of drug-likeness (QED) is 0.327. The van der Waals surface area contributed by atoms with Gasteiger partial charge < -0.3 is 9.78 Å². The molecule has 0 aromatic heterocycles. The summed E-state index contributed by atoms with van der Waals surface area (Å²) < 4.78 is 22.2. The van der Waals surface area contributed by atoms with E-state index in [0.717, 1.165) is 0 Å². The smallest absolute Gasteiger partial charge is 0.328 e. The number of rotatable bonds is 9. The van der Waals surface area contributed by atoms with Gasteiger partial charge in [-0.25, -0.2) is 9.65 Å². The van der Waals surface area contributed by atoms with E-state index in [0.29, 0.717) is 11.5 Å². The molecule has 0 bridgehead atoms. The minimum Gasteiger partial charge on any atom is -0.328 e. The Morgan fingerprint density at radius 3 is 1.77 bits per heavy atom. The molecule has 0 spiro atoms. The Kier molecular flexibility index (Phi) is 6.18. The van der Waals surface area contributed by atoms with Gasteiger partial charge in [-0.2, -0.15) is 0 Å². The number of hydrogen-bond acceptors (Lipinski definition) is 5. The van der Waals surface area contributed by atoms with Crippen LogP contribution < -0.4 is 14.9 Å². The molecule has 0 amide bonds. The molecule has 1 N–H and O–H groups in total. The minimum absolute atomic E-state index is 0.188. The molecular formula is C15H16NO5P. The largest absolute Gasteiger partial charge is 0.477 e. The summed E-state index contributed by atoms with van der Waals surface area (Å²) in [5.74, 6) is 0.762. The maximum absolute atomic E-state index is 12.5. The van der Waals surface area contributed by atoms with Crippen molar-refractivity contribution < 1.29 is 23.7 Å². The molecule has 7 heteroatoms. The van der Waals surface area contributed by atoms with Gasteiger partial charge in [0.1, 0.15) is 0 Å². The number of benzene rings is 2. The highest BCUT2D eigenvalue weighted by Crippen LogP contribution is 2.44. The number of para-hydroxylation sites is 2. The third kappa shape index (κ3) is 5.35. The van der Waals surface area contributed by atoms with Gasteiger partial charge in [0.05, 0.1) is 0 Å². The lowest BCUT2D eigenvalue weighted by molar-refractivity contribution is -0.173. The second-order valence-electron chi connectivity index (χ2n) is 4.09. The first kappa shape index (κ1) is 16.3. The van der Waals surface area contributed by atoms with Gasteiger partial charge in [0, 0.05) is 6.54 Å². The van der Waals surface area contributed by atoms with Crippen LogP contribution in [0.15, 0.2) is 73.3 Å². The van der Waals surface area contributed by atoms with Crippen molar-refractivity contribution in [3.63, 3.8) is 0 Å². The van der Waals surface area contributed by atoms with E-state index in [1.165, 1.54) is 6.08 Å². The van der Waals surface area contributed by atoms with Crippen molar-refractivity contribution >= 4 is 7.75 Å². The van der Waals surface area contributed by atoms with Crippen LogP contribution in [0.4, 0.5) is 0 Å². The third-order valence-electron chi connectivity index (χ3n) is 2.38. The first-order valence-electron chi connectivity index (χ1n) is 6.50. The molecule has 2 aromatic carbocycles. The summed E-state index contributed by atoms with van der Waals surface area (Å²) in [5.41, 5.74) is 0. The molecule has 0 atom stereocenters. The zero-order valence-corrected chi connectivity index (χ0v) is 12.6. The highest BCUT2D eigenvalue weighted by molar-refractivity contribution is 7.51. The molecule has 2 rings (SSSR count). The van der Waals surface area contributed by atoms with Gasteiger partial charge in [-0.3, -0.25) is 0 Å². The van der Waals surface area contributed by atoms with E-state index in [-0.39, 0.29) is 6.54 Å². The Morgan fingerprint density at radius 2 is 1.36 bits per heavy atom. The van der Waals surface area contributed by atoms with E-state index in [4.69, 9.17) is 19.1 Å². The summed E-state index contributed by atoms with van der Waals surface area (Å²) >= 11 is 0. The van der Waals surface area contributed by atoms with Gasteiger partial charge in [-0.15, -0.1) is 6.58 Å². The molecule has 0 aliphatic heterocycles. The van der Waals surface area contributed by atoms with Crippen LogP contribution in [-0.2, 0) is 13.9 Å².